The van der Waals surface area contributed by atoms with Crippen LogP contribution in [0.1, 0.15) is 31.4 Å². The predicted molar refractivity (Wildman–Crippen MR) is 81.2 cm³/mol. The lowest BCUT2D eigenvalue weighted by molar-refractivity contribution is -0.140. The minimum atomic E-state index is -0.202. The molecule has 0 radical (unpaired) electrons. The van der Waals surface area contributed by atoms with Crippen LogP contribution in [0.4, 0.5) is 5.13 Å². The van der Waals surface area contributed by atoms with Gasteiger partial charge in [0, 0.05) is 11.8 Å². The summed E-state index contributed by atoms with van der Waals surface area (Å²) in [6, 6.07) is 0. The lowest BCUT2D eigenvalue weighted by Gasteiger charge is -2.06. The van der Waals surface area contributed by atoms with Crippen molar-refractivity contribution in [3.05, 3.63) is 11.1 Å². The average Bonchev–Trinajstić information content (AvgIpc) is 3.10. The normalized spacial score (nSPS) is 17.9. The lowest BCUT2D eigenvalue weighted by Crippen LogP contribution is -2.22. The number of ether oxygens (including phenoxy) is 1. The standard InChI is InChI=1S/C13H18N2O3S2/c1-18-11(16)6-2-4-9-8-20-13(14-9)15-12(17)10-5-3-7-19-10/h8,10H,2-7H2,1H3,(H,14,15,17). The summed E-state index contributed by atoms with van der Waals surface area (Å²) >= 11 is 3.14. The number of nitrogens with zero attached hydrogens (tertiary/aromatic N) is 1. The number of amides is 1. The molecule has 1 amide bonds. The van der Waals surface area contributed by atoms with Gasteiger partial charge >= 0.3 is 5.97 Å². The number of aryl methyl sites for hydroxylation is 1. The van der Waals surface area contributed by atoms with Gasteiger partial charge < -0.3 is 10.1 Å². The van der Waals surface area contributed by atoms with Crippen LogP contribution in [-0.2, 0) is 20.7 Å². The Balaban J connectivity index is 1.76. The third-order valence-electron chi connectivity index (χ3n) is 3.05. The molecule has 1 aromatic heterocycles. The number of esters is 1. The zero-order valence-corrected chi connectivity index (χ0v) is 13.0. The Morgan fingerprint density at radius 3 is 3.10 bits per heavy atom. The molecule has 1 aromatic rings. The van der Waals surface area contributed by atoms with Crippen LogP contribution < -0.4 is 5.32 Å². The van der Waals surface area contributed by atoms with Crippen molar-refractivity contribution in [3.8, 4) is 0 Å². The summed E-state index contributed by atoms with van der Waals surface area (Å²) in [6.45, 7) is 0. The summed E-state index contributed by atoms with van der Waals surface area (Å²) in [6.07, 6.45) is 3.89. The molecule has 1 aliphatic heterocycles. The second-order valence-corrected chi connectivity index (χ2v) is 6.73. The van der Waals surface area contributed by atoms with Crippen LogP contribution in [0, 0.1) is 0 Å². The Morgan fingerprint density at radius 1 is 1.55 bits per heavy atom. The third-order valence-corrected chi connectivity index (χ3v) is 5.23. The summed E-state index contributed by atoms with van der Waals surface area (Å²) < 4.78 is 4.59. The van der Waals surface area contributed by atoms with Gasteiger partial charge in [-0.15, -0.1) is 23.1 Å². The topological polar surface area (TPSA) is 68.3 Å². The largest absolute Gasteiger partial charge is 0.469 e. The summed E-state index contributed by atoms with van der Waals surface area (Å²) in [5.41, 5.74) is 0.910. The van der Waals surface area contributed by atoms with Crippen molar-refractivity contribution >= 4 is 40.1 Å². The van der Waals surface area contributed by atoms with Crippen LogP contribution in [0.2, 0.25) is 0 Å². The molecule has 2 heterocycles. The molecular weight excluding hydrogens is 296 g/mol. The van der Waals surface area contributed by atoms with Gasteiger partial charge in [-0.1, -0.05) is 0 Å². The first-order valence-corrected chi connectivity index (χ1v) is 8.55. The molecule has 0 bridgehead atoms. The van der Waals surface area contributed by atoms with Crippen molar-refractivity contribution in [1.29, 1.82) is 0 Å². The van der Waals surface area contributed by atoms with Crippen molar-refractivity contribution in [2.75, 3.05) is 18.2 Å². The fourth-order valence-electron chi connectivity index (χ4n) is 1.97. The molecule has 1 unspecified atom stereocenters. The number of thiazole rings is 1. The van der Waals surface area contributed by atoms with E-state index in [0.717, 1.165) is 30.7 Å². The fraction of sp³-hybridized carbons (Fsp3) is 0.615. The van der Waals surface area contributed by atoms with Gasteiger partial charge in [-0.2, -0.15) is 0 Å². The summed E-state index contributed by atoms with van der Waals surface area (Å²) in [5.74, 6) is 0.921. The van der Waals surface area contributed by atoms with Crippen LogP contribution in [0.25, 0.3) is 0 Å². The monoisotopic (exact) mass is 314 g/mol. The highest BCUT2D eigenvalue weighted by atomic mass is 32.2. The number of thioether (sulfide) groups is 1. The number of hydrogen-bond donors (Lipinski definition) is 1. The average molecular weight is 314 g/mol. The number of carbonyl (C=O) groups excluding carboxylic acids is 2. The molecule has 0 aliphatic carbocycles. The molecule has 1 saturated heterocycles. The first kappa shape index (κ1) is 15.3. The van der Waals surface area contributed by atoms with E-state index in [1.165, 1.54) is 18.4 Å². The van der Waals surface area contributed by atoms with Crippen LogP contribution in [-0.4, -0.2) is 35.0 Å². The maximum atomic E-state index is 11.9. The molecule has 1 aliphatic rings. The third kappa shape index (κ3) is 4.49. The molecule has 7 heteroatoms. The van der Waals surface area contributed by atoms with Gasteiger partial charge in [-0.05, 0) is 31.4 Å². The van der Waals surface area contributed by atoms with Crippen molar-refractivity contribution in [2.24, 2.45) is 0 Å². The number of methoxy groups -OCH3 is 1. The molecule has 1 atom stereocenters. The van der Waals surface area contributed by atoms with Crippen LogP contribution in [0.15, 0.2) is 5.38 Å². The van der Waals surface area contributed by atoms with Gasteiger partial charge in [-0.3, -0.25) is 9.59 Å². The SMILES string of the molecule is COC(=O)CCCc1csc(NC(=O)C2CCCS2)n1. The van der Waals surface area contributed by atoms with Gasteiger partial charge in [0.25, 0.3) is 0 Å². The van der Waals surface area contributed by atoms with E-state index < -0.39 is 0 Å². The molecule has 0 saturated carbocycles. The van der Waals surface area contributed by atoms with Gasteiger partial charge in [0.1, 0.15) is 0 Å². The highest BCUT2D eigenvalue weighted by Gasteiger charge is 2.23. The molecule has 5 nitrogen and oxygen atoms in total. The summed E-state index contributed by atoms with van der Waals surface area (Å²) in [5, 5.41) is 5.52. The first-order chi connectivity index (χ1) is 9.69. The van der Waals surface area contributed by atoms with Gasteiger partial charge in [-0.25, -0.2) is 4.98 Å². The number of nitrogens with one attached hydrogen (secondary N) is 1. The van der Waals surface area contributed by atoms with E-state index in [0.29, 0.717) is 18.0 Å². The molecule has 1 N–H and O–H groups in total. The molecule has 110 valence electrons. The van der Waals surface area contributed by atoms with Gasteiger partial charge in [0.05, 0.1) is 18.1 Å². The quantitative estimate of drug-likeness (QED) is 0.817. The minimum Gasteiger partial charge on any atom is -0.469 e. The zero-order valence-electron chi connectivity index (χ0n) is 11.4. The van der Waals surface area contributed by atoms with E-state index in [9.17, 15) is 9.59 Å². The zero-order chi connectivity index (χ0) is 14.4. The predicted octanol–water partition coefficient (Wildman–Crippen LogP) is 2.47. The van der Waals surface area contributed by atoms with Crippen molar-refractivity contribution in [2.45, 2.75) is 37.4 Å². The van der Waals surface area contributed by atoms with E-state index in [2.05, 4.69) is 15.0 Å². The van der Waals surface area contributed by atoms with E-state index in [1.54, 1.807) is 11.8 Å². The highest BCUT2D eigenvalue weighted by Crippen LogP contribution is 2.27. The Bertz CT molecular complexity index is 470. The number of carbonyl (C=O) groups is 2. The Morgan fingerprint density at radius 2 is 2.40 bits per heavy atom. The minimum absolute atomic E-state index is 0.0583. The second kappa shape index (κ2) is 7.64. The molecule has 1 fully saturated rings. The van der Waals surface area contributed by atoms with E-state index in [1.807, 2.05) is 5.38 Å². The van der Waals surface area contributed by atoms with E-state index in [-0.39, 0.29) is 17.1 Å². The molecular formula is C13H18N2O3S2. The highest BCUT2D eigenvalue weighted by molar-refractivity contribution is 8.00. The molecule has 20 heavy (non-hydrogen) atoms. The van der Waals surface area contributed by atoms with Crippen LogP contribution in [0.5, 0.6) is 0 Å². The maximum absolute atomic E-state index is 11.9. The molecule has 0 aromatic carbocycles. The smallest absolute Gasteiger partial charge is 0.305 e. The summed E-state index contributed by atoms with van der Waals surface area (Å²) in [7, 11) is 1.39. The molecule has 2 rings (SSSR count). The fourth-order valence-corrected chi connectivity index (χ4v) is 3.87. The Hall–Kier alpha value is -1.08. The van der Waals surface area contributed by atoms with Gasteiger partial charge in [0.2, 0.25) is 5.91 Å². The Kier molecular flexibility index (Phi) is 5.85. The second-order valence-electron chi connectivity index (χ2n) is 4.56. The first-order valence-electron chi connectivity index (χ1n) is 6.62. The van der Waals surface area contributed by atoms with E-state index >= 15 is 0 Å². The molecule has 0 spiro atoms. The number of aromatic nitrogens is 1. The van der Waals surface area contributed by atoms with Crippen LogP contribution in [0.3, 0.4) is 0 Å². The van der Waals surface area contributed by atoms with Crippen molar-refractivity contribution < 1.29 is 14.3 Å². The lowest BCUT2D eigenvalue weighted by atomic mass is 10.2. The van der Waals surface area contributed by atoms with Gasteiger partial charge in [0.15, 0.2) is 5.13 Å². The number of hydrogen-bond acceptors (Lipinski definition) is 6. The summed E-state index contributed by atoms with van der Waals surface area (Å²) in [4.78, 5) is 27.3. The van der Waals surface area contributed by atoms with Crippen molar-refractivity contribution in [1.82, 2.24) is 4.98 Å². The maximum Gasteiger partial charge on any atom is 0.305 e. The Labute approximate surface area is 126 Å². The van der Waals surface area contributed by atoms with Crippen LogP contribution >= 0.6 is 23.1 Å². The van der Waals surface area contributed by atoms with E-state index in [4.69, 9.17) is 0 Å². The van der Waals surface area contributed by atoms with Crippen molar-refractivity contribution in [3.63, 3.8) is 0 Å². The number of anilines is 1. The number of rotatable bonds is 6.